The van der Waals surface area contributed by atoms with Crippen molar-refractivity contribution in [3.63, 3.8) is 0 Å². The van der Waals surface area contributed by atoms with Crippen LogP contribution < -0.4 is 0 Å². The SMILES string of the molecule is Br.CC(C)(C)[SiH3].Cl.Cl.Cl. The molecule has 0 aromatic rings. The van der Waals surface area contributed by atoms with E-state index in [0.717, 1.165) is 0 Å². The van der Waals surface area contributed by atoms with Crippen molar-refractivity contribution in [1.82, 2.24) is 0 Å². The summed E-state index contributed by atoms with van der Waals surface area (Å²) in [6, 6.07) is 0. The molecule has 5 heteroatoms. The van der Waals surface area contributed by atoms with Crippen molar-refractivity contribution in [2.24, 2.45) is 0 Å². The molecule has 0 spiro atoms. The van der Waals surface area contributed by atoms with Crippen LogP contribution in [0.5, 0.6) is 0 Å². The molecular formula is C4H16BrCl3Si. The highest BCUT2D eigenvalue weighted by atomic mass is 79.9. The van der Waals surface area contributed by atoms with Gasteiger partial charge in [0.2, 0.25) is 0 Å². The normalized spacial score (nSPS) is 7.00. The van der Waals surface area contributed by atoms with E-state index in [1.54, 1.807) is 0 Å². The van der Waals surface area contributed by atoms with Crippen LogP contribution in [0.2, 0.25) is 5.04 Å². The second-order valence-electron chi connectivity index (χ2n) is 3.00. The fraction of sp³-hybridized carbons (Fsp3) is 1.00. The molecule has 9 heavy (non-hydrogen) atoms. The Balaban J connectivity index is -0.0000000133. The predicted molar refractivity (Wildman–Crippen MR) is 61.7 cm³/mol. The molecule has 0 aromatic heterocycles. The third-order valence-electron chi connectivity index (χ3n) is 0. The van der Waals surface area contributed by atoms with E-state index in [9.17, 15) is 0 Å². The maximum atomic E-state index is 2.25. The van der Waals surface area contributed by atoms with E-state index < -0.39 is 0 Å². The lowest BCUT2D eigenvalue weighted by Gasteiger charge is -2.05. The van der Waals surface area contributed by atoms with Crippen LogP contribution >= 0.6 is 54.2 Å². The summed E-state index contributed by atoms with van der Waals surface area (Å²) in [5.74, 6) is 0. The van der Waals surface area contributed by atoms with Gasteiger partial charge >= 0.3 is 0 Å². The van der Waals surface area contributed by atoms with Crippen molar-refractivity contribution in [1.29, 1.82) is 0 Å². The molecule has 0 saturated carbocycles. The molecular weight excluding hydrogens is 262 g/mol. The molecule has 0 fully saturated rings. The van der Waals surface area contributed by atoms with E-state index in [-0.39, 0.29) is 54.2 Å². The first-order valence-electron chi connectivity index (χ1n) is 2.00. The second kappa shape index (κ2) is 12.3. The second-order valence-corrected chi connectivity index (χ2v) is 6.00. The van der Waals surface area contributed by atoms with Crippen LogP contribution in [-0.4, -0.2) is 10.2 Å². The van der Waals surface area contributed by atoms with Crippen molar-refractivity contribution < 1.29 is 0 Å². The lowest BCUT2D eigenvalue weighted by atomic mass is 10.3. The van der Waals surface area contributed by atoms with Crippen LogP contribution in [0.15, 0.2) is 0 Å². The minimum absolute atomic E-state index is 0. The molecule has 0 bridgehead atoms. The molecule has 0 nitrogen and oxygen atoms in total. The van der Waals surface area contributed by atoms with Crippen molar-refractivity contribution in [3.05, 3.63) is 0 Å². The minimum atomic E-state index is 0. The Kier molecular flexibility index (Phi) is 42.5. The zero-order chi connectivity index (χ0) is 4.50. The molecule has 0 aliphatic heterocycles. The highest BCUT2D eigenvalue weighted by Crippen LogP contribution is 2.13. The van der Waals surface area contributed by atoms with Crippen LogP contribution in [0.4, 0.5) is 0 Å². The molecule has 0 aliphatic carbocycles. The monoisotopic (exact) mass is 276 g/mol. The van der Waals surface area contributed by atoms with Crippen LogP contribution in [0, 0.1) is 0 Å². The zero-order valence-corrected chi connectivity index (χ0v) is 12.3. The molecule has 0 atom stereocenters. The summed E-state index contributed by atoms with van der Waals surface area (Å²) in [7, 11) is 1.31. The highest BCUT2D eigenvalue weighted by Gasteiger charge is 1.95. The van der Waals surface area contributed by atoms with Crippen LogP contribution in [0.1, 0.15) is 20.8 Å². The Hall–Kier alpha value is 1.57. The molecule has 0 radical (unpaired) electrons. The fourth-order valence-electron chi connectivity index (χ4n) is 0. The van der Waals surface area contributed by atoms with Gasteiger partial charge in [0.15, 0.2) is 0 Å². The van der Waals surface area contributed by atoms with Gasteiger partial charge in [-0.1, -0.05) is 25.8 Å². The third-order valence-corrected chi connectivity index (χ3v) is 0. The summed E-state index contributed by atoms with van der Waals surface area (Å²) in [5, 5.41) is 0.639. The summed E-state index contributed by atoms with van der Waals surface area (Å²) in [6.07, 6.45) is 0. The number of rotatable bonds is 0. The minimum Gasteiger partial charge on any atom is -0.147 e. The first-order chi connectivity index (χ1) is 2.00. The maximum Gasteiger partial charge on any atom is 0.00959 e. The Bertz CT molecular complexity index is 31.3. The van der Waals surface area contributed by atoms with Crippen LogP contribution in [0.3, 0.4) is 0 Å². The van der Waals surface area contributed by atoms with Crippen molar-refractivity contribution in [2.45, 2.75) is 25.8 Å². The van der Waals surface area contributed by atoms with Crippen molar-refractivity contribution >= 4 is 64.4 Å². The quantitative estimate of drug-likeness (QED) is 0.597. The lowest BCUT2D eigenvalue weighted by Crippen LogP contribution is -1.90. The standard InChI is InChI=1S/C4H12Si.BrH.3ClH/c1-4(2,3)5;;;;/h1-3,5H3;4*1H. The average Bonchev–Trinajstić information content (AvgIpc) is 0.722. The molecule has 0 aliphatic rings. The van der Waals surface area contributed by atoms with Gasteiger partial charge in [-0.3, -0.25) is 0 Å². The number of hydrogen-bond donors (Lipinski definition) is 0. The zero-order valence-electron chi connectivity index (χ0n) is 6.13. The van der Waals surface area contributed by atoms with Gasteiger partial charge in [0, 0.05) is 10.2 Å². The van der Waals surface area contributed by atoms with Gasteiger partial charge in [0.25, 0.3) is 0 Å². The summed E-state index contributed by atoms with van der Waals surface area (Å²) < 4.78 is 0. The van der Waals surface area contributed by atoms with E-state index in [1.807, 2.05) is 0 Å². The van der Waals surface area contributed by atoms with Gasteiger partial charge in [-0.2, -0.15) is 0 Å². The third kappa shape index (κ3) is 223. The molecule has 0 heterocycles. The molecule has 0 unspecified atom stereocenters. The Morgan fingerprint density at radius 1 is 0.889 bits per heavy atom. The fourth-order valence-corrected chi connectivity index (χ4v) is 0. The van der Waals surface area contributed by atoms with Crippen molar-refractivity contribution in [3.8, 4) is 0 Å². The molecule has 0 N–H and O–H groups in total. The van der Waals surface area contributed by atoms with Crippen LogP contribution in [0.25, 0.3) is 0 Å². The van der Waals surface area contributed by atoms with Gasteiger partial charge < -0.3 is 0 Å². The van der Waals surface area contributed by atoms with Crippen molar-refractivity contribution in [2.75, 3.05) is 0 Å². The molecule has 0 rings (SSSR count). The van der Waals surface area contributed by atoms with Crippen LogP contribution in [-0.2, 0) is 0 Å². The average molecular weight is 279 g/mol. The van der Waals surface area contributed by atoms with E-state index in [0.29, 0.717) is 5.04 Å². The molecule has 0 saturated heterocycles. The summed E-state index contributed by atoms with van der Waals surface area (Å²) >= 11 is 0. The summed E-state index contributed by atoms with van der Waals surface area (Å²) in [5.41, 5.74) is 0. The topological polar surface area (TPSA) is 0 Å². The van der Waals surface area contributed by atoms with E-state index in [4.69, 9.17) is 0 Å². The number of halogens is 4. The Labute approximate surface area is 90.0 Å². The first-order valence-corrected chi connectivity index (χ1v) is 3.00. The van der Waals surface area contributed by atoms with Gasteiger partial charge in [-0.05, 0) is 0 Å². The summed E-state index contributed by atoms with van der Waals surface area (Å²) in [4.78, 5) is 0. The smallest absolute Gasteiger partial charge is 0.00959 e. The lowest BCUT2D eigenvalue weighted by molar-refractivity contribution is 0.767. The van der Waals surface area contributed by atoms with Gasteiger partial charge in [0.05, 0.1) is 0 Å². The predicted octanol–water partition coefficient (Wildman–Crippen LogP) is 2.41. The Morgan fingerprint density at radius 3 is 0.889 bits per heavy atom. The first kappa shape index (κ1) is 31.2. The van der Waals surface area contributed by atoms with E-state index in [2.05, 4.69) is 20.8 Å². The van der Waals surface area contributed by atoms with Gasteiger partial charge in [-0.25, -0.2) is 0 Å². The molecule has 0 aromatic carbocycles. The number of hydrogen-bond acceptors (Lipinski definition) is 0. The molecule has 64 valence electrons. The largest absolute Gasteiger partial charge is 0.147 e. The summed E-state index contributed by atoms with van der Waals surface area (Å²) in [6.45, 7) is 6.75. The van der Waals surface area contributed by atoms with E-state index in [1.165, 1.54) is 10.2 Å². The Morgan fingerprint density at radius 2 is 0.889 bits per heavy atom. The van der Waals surface area contributed by atoms with Gasteiger partial charge in [0.1, 0.15) is 0 Å². The van der Waals surface area contributed by atoms with E-state index >= 15 is 0 Å². The van der Waals surface area contributed by atoms with Gasteiger partial charge in [-0.15, -0.1) is 54.2 Å². The molecule has 0 amide bonds. The highest BCUT2D eigenvalue weighted by molar-refractivity contribution is 8.93. The maximum absolute atomic E-state index is 2.25.